The zero-order valence-electron chi connectivity index (χ0n) is 19.2. The van der Waals surface area contributed by atoms with Gasteiger partial charge in [0.1, 0.15) is 29.7 Å². The monoisotopic (exact) mass is 462 g/mol. The second-order valence-corrected chi connectivity index (χ2v) is 9.05. The molecule has 1 amide bonds. The van der Waals surface area contributed by atoms with E-state index < -0.39 is 0 Å². The molecule has 1 saturated heterocycles. The Hall–Kier alpha value is -3.94. The van der Waals surface area contributed by atoms with Crippen molar-refractivity contribution < 1.29 is 14.3 Å². The maximum atomic E-state index is 12.4. The van der Waals surface area contributed by atoms with Gasteiger partial charge in [-0.1, -0.05) is 0 Å². The molecule has 2 fully saturated rings. The van der Waals surface area contributed by atoms with Crippen molar-refractivity contribution in [3.8, 4) is 23.2 Å². The Morgan fingerprint density at radius 1 is 1.24 bits per heavy atom. The molecule has 0 spiro atoms. The Balaban J connectivity index is 1.19. The van der Waals surface area contributed by atoms with Gasteiger partial charge in [0.05, 0.1) is 12.2 Å². The number of tetrazole rings is 1. The Bertz CT molecular complexity index is 1210. The van der Waals surface area contributed by atoms with Gasteiger partial charge < -0.3 is 14.4 Å². The fourth-order valence-electron chi connectivity index (χ4n) is 4.09. The van der Waals surface area contributed by atoms with Crippen LogP contribution in [0.2, 0.25) is 0 Å². The van der Waals surface area contributed by atoms with Gasteiger partial charge in [0.25, 0.3) is 0 Å². The summed E-state index contributed by atoms with van der Waals surface area (Å²) >= 11 is 0. The highest BCUT2D eigenvalue weighted by Crippen LogP contribution is 2.39. The Morgan fingerprint density at radius 3 is 2.59 bits per heavy atom. The van der Waals surface area contributed by atoms with Gasteiger partial charge in [0.2, 0.25) is 0 Å². The van der Waals surface area contributed by atoms with Crippen LogP contribution >= 0.6 is 0 Å². The molecule has 0 unspecified atom stereocenters. The number of carbonyl (C=O) groups is 1. The van der Waals surface area contributed by atoms with Crippen molar-refractivity contribution in [3.63, 3.8) is 0 Å². The highest BCUT2D eigenvalue weighted by molar-refractivity contribution is 5.68. The first-order valence-electron chi connectivity index (χ1n) is 11.4. The van der Waals surface area contributed by atoms with Gasteiger partial charge in [-0.25, -0.2) is 9.48 Å². The summed E-state index contributed by atoms with van der Waals surface area (Å²) in [6.07, 6.45) is 4.76. The maximum absolute atomic E-state index is 12.4. The van der Waals surface area contributed by atoms with Gasteiger partial charge in [0, 0.05) is 31.3 Å². The summed E-state index contributed by atoms with van der Waals surface area (Å²) in [6, 6.07) is 9.80. The third-order valence-corrected chi connectivity index (χ3v) is 6.46. The number of aromatic nitrogens is 6. The van der Waals surface area contributed by atoms with Crippen molar-refractivity contribution in [2.24, 2.45) is 7.05 Å². The van der Waals surface area contributed by atoms with Crippen molar-refractivity contribution in [2.45, 2.75) is 50.9 Å². The fraction of sp³-hybridized carbons (Fsp3) is 0.478. The topological polar surface area (TPSA) is 124 Å². The van der Waals surface area contributed by atoms with Gasteiger partial charge in [-0.3, -0.25) is 4.68 Å². The highest BCUT2D eigenvalue weighted by Gasteiger charge is 2.43. The molecule has 1 aliphatic heterocycles. The molecule has 34 heavy (non-hydrogen) atoms. The van der Waals surface area contributed by atoms with Crippen LogP contribution < -0.4 is 4.74 Å². The number of nitriles is 1. The van der Waals surface area contributed by atoms with E-state index >= 15 is 0 Å². The fourth-order valence-corrected chi connectivity index (χ4v) is 4.09. The normalized spacial score (nSPS) is 17.3. The first-order chi connectivity index (χ1) is 16.5. The Labute approximate surface area is 196 Å². The van der Waals surface area contributed by atoms with E-state index in [1.54, 1.807) is 27.5 Å². The standard InChI is InChI=1S/C23H26N8O3/c1-23(9-10-23)34-22(32)30-11-7-18(8-12-30)31-20(13-24)17(14-25-31)15-33-19-5-3-16(4-6-19)21-26-27-28-29(21)2/h3-6,14,18H,7-12,15H2,1-2H3. The van der Waals surface area contributed by atoms with Gasteiger partial charge in [0.15, 0.2) is 5.82 Å². The van der Waals surface area contributed by atoms with Crippen LogP contribution in [0.3, 0.4) is 0 Å². The minimum Gasteiger partial charge on any atom is -0.489 e. The summed E-state index contributed by atoms with van der Waals surface area (Å²) in [4.78, 5) is 14.1. The molecular weight excluding hydrogens is 436 g/mol. The van der Waals surface area contributed by atoms with Crippen LogP contribution in [0.4, 0.5) is 4.79 Å². The second kappa shape index (κ2) is 8.78. The smallest absolute Gasteiger partial charge is 0.410 e. The van der Waals surface area contributed by atoms with E-state index in [0.29, 0.717) is 30.4 Å². The highest BCUT2D eigenvalue weighted by atomic mass is 16.6. The zero-order chi connectivity index (χ0) is 23.7. The Kier molecular flexibility index (Phi) is 5.65. The van der Waals surface area contributed by atoms with Crippen LogP contribution in [-0.4, -0.2) is 59.7 Å². The summed E-state index contributed by atoms with van der Waals surface area (Å²) < 4.78 is 14.9. The van der Waals surface area contributed by atoms with Crippen LogP contribution in [0.5, 0.6) is 5.75 Å². The van der Waals surface area contributed by atoms with Crippen molar-refractivity contribution in [1.29, 1.82) is 5.26 Å². The molecule has 1 aromatic carbocycles. The number of carbonyl (C=O) groups excluding carboxylic acids is 1. The molecule has 5 rings (SSSR count). The van der Waals surface area contributed by atoms with Gasteiger partial charge in [-0.2, -0.15) is 10.4 Å². The zero-order valence-corrected chi connectivity index (χ0v) is 19.2. The molecule has 1 saturated carbocycles. The molecule has 176 valence electrons. The molecule has 11 heteroatoms. The number of likely N-dealkylation sites (tertiary alicyclic amines) is 1. The van der Waals surface area contributed by atoms with Crippen LogP contribution in [0, 0.1) is 11.3 Å². The van der Waals surface area contributed by atoms with Crippen LogP contribution in [0.1, 0.15) is 49.9 Å². The number of piperidine rings is 1. The number of ether oxygens (including phenoxy) is 2. The first kappa shape index (κ1) is 21.9. The summed E-state index contributed by atoms with van der Waals surface area (Å²) in [5.74, 6) is 1.34. The molecule has 1 aliphatic carbocycles. The molecule has 2 aliphatic rings. The first-order valence-corrected chi connectivity index (χ1v) is 11.4. The van der Waals surface area contributed by atoms with Crippen LogP contribution in [0.15, 0.2) is 30.5 Å². The second-order valence-electron chi connectivity index (χ2n) is 9.05. The van der Waals surface area contributed by atoms with Crippen molar-refractivity contribution in [1.82, 2.24) is 34.9 Å². The minimum atomic E-state index is -0.272. The number of hydrogen-bond donors (Lipinski definition) is 0. The van der Waals surface area contributed by atoms with Crippen LogP contribution in [-0.2, 0) is 18.4 Å². The van der Waals surface area contributed by atoms with E-state index in [-0.39, 0.29) is 24.3 Å². The molecule has 0 N–H and O–H groups in total. The van der Waals surface area contributed by atoms with Gasteiger partial charge in [-0.05, 0) is 67.3 Å². The molecule has 3 aromatic rings. The lowest BCUT2D eigenvalue weighted by Crippen LogP contribution is -2.41. The minimum absolute atomic E-state index is 0.0586. The van der Waals surface area contributed by atoms with E-state index in [1.807, 2.05) is 31.2 Å². The number of amides is 1. The van der Waals surface area contributed by atoms with E-state index in [9.17, 15) is 10.1 Å². The lowest BCUT2D eigenvalue weighted by atomic mass is 10.1. The number of benzene rings is 1. The summed E-state index contributed by atoms with van der Waals surface area (Å²) in [6.45, 7) is 3.37. The lowest BCUT2D eigenvalue weighted by Gasteiger charge is -2.32. The van der Waals surface area contributed by atoms with E-state index in [2.05, 4.69) is 26.7 Å². The molecule has 11 nitrogen and oxygen atoms in total. The van der Waals surface area contributed by atoms with Gasteiger partial charge >= 0.3 is 6.09 Å². The molecule has 3 heterocycles. The average Bonchev–Trinajstić information content (AvgIpc) is 3.22. The molecular formula is C23H26N8O3. The predicted octanol–water partition coefficient (Wildman–Crippen LogP) is 2.85. The van der Waals surface area contributed by atoms with Crippen LogP contribution in [0.25, 0.3) is 11.4 Å². The summed E-state index contributed by atoms with van der Waals surface area (Å²) in [7, 11) is 1.78. The van der Waals surface area contributed by atoms with E-state index in [4.69, 9.17) is 9.47 Å². The average molecular weight is 463 g/mol. The quantitative estimate of drug-likeness (QED) is 0.548. The van der Waals surface area contributed by atoms with E-state index in [1.165, 1.54) is 0 Å². The molecule has 0 radical (unpaired) electrons. The molecule has 2 aromatic heterocycles. The number of aryl methyl sites for hydroxylation is 1. The predicted molar refractivity (Wildman–Crippen MR) is 119 cm³/mol. The Morgan fingerprint density at radius 2 is 1.97 bits per heavy atom. The summed E-state index contributed by atoms with van der Waals surface area (Å²) in [5, 5.41) is 25.7. The molecule has 0 bridgehead atoms. The molecule has 0 atom stereocenters. The number of nitrogens with zero attached hydrogens (tertiary/aromatic N) is 8. The summed E-state index contributed by atoms with van der Waals surface area (Å²) in [5.41, 5.74) is 1.83. The maximum Gasteiger partial charge on any atom is 0.410 e. The third-order valence-electron chi connectivity index (χ3n) is 6.46. The van der Waals surface area contributed by atoms with Crippen molar-refractivity contribution in [2.75, 3.05) is 13.1 Å². The largest absolute Gasteiger partial charge is 0.489 e. The SMILES string of the molecule is Cn1nnnc1-c1ccc(OCc2cnn(C3CCN(C(=O)OC4(C)CC4)CC3)c2C#N)cc1. The lowest BCUT2D eigenvalue weighted by molar-refractivity contribution is 0.0489. The van der Waals surface area contributed by atoms with E-state index in [0.717, 1.165) is 36.8 Å². The van der Waals surface area contributed by atoms with Crippen molar-refractivity contribution in [3.05, 3.63) is 41.7 Å². The third kappa shape index (κ3) is 4.44. The number of rotatable bonds is 6. The number of hydrogen-bond acceptors (Lipinski definition) is 8. The van der Waals surface area contributed by atoms with Crippen molar-refractivity contribution >= 4 is 6.09 Å². The van der Waals surface area contributed by atoms with Gasteiger partial charge in [-0.15, -0.1) is 5.10 Å².